The van der Waals surface area contributed by atoms with Crippen LogP contribution in [0.5, 0.6) is 0 Å². The van der Waals surface area contributed by atoms with Crippen molar-refractivity contribution in [2.45, 2.75) is 12.8 Å². The molecule has 0 atom stereocenters. The molecule has 0 aromatic rings. The zero-order valence-electron chi connectivity index (χ0n) is 8.65. The summed E-state index contributed by atoms with van der Waals surface area (Å²) in [5.41, 5.74) is -1.02. The van der Waals surface area contributed by atoms with E-state index >= 15 is 0 Å². The van der Waals surface area contributed by atoms with E-state index in [1.165, 1.54) is 4.90 Å². The quantitative estimate of drug-likeness (QED) is 0.664. The molecule has 0 aromatic carbocycles. The summed E-state index contributed by atoms with van der Waals surface area (Å²) in [7, 11) is 0. The molecule has 0 bridgehead atoms. The molecule has 2 amide bonds. The van der Waals surface area contributed by atoms with Crippen LogP contribution in [-0.4, -0.2) is 49.6 Å². The molecule has 2 rings (SSSR count). The van der Waals surface area contributed by atoms with Crippen LogP contribution >= 0.6 is 0 Å². The molecule has 2 aliphatic heterocycles. The number of hydrogen-bond donors (Lipinski definition) is 2. The van der Waals surface area contributed by atoms with Crippen LogP contribution in [0.4, 0.5) is 13.6 Å². The average Bonchev–Trinajstić information content (AvgIpc) is 2.38. The van der Waals surface area contributed by atoms with E-state index in [4.69, 9.17) is 0 Å². The van der Waals surface area contributed by atoms with E-state index < -0.39 is 11.3 Å². The molecule has 0 aliphatic carbocycles. The molecular formula is C9H15F2N3O. The van der Waals surface area contributed by atoms with Crippen LogP contribution in [0, 0.1) is 5.41 Å². The molecule has 6 heteroatoms. The first kappa shape index (κ1) is 10.6. The van der Waals surface area contributed by atoms with Gasteiger partial charge in [0.2, 0.25) is 0 Å². The molecule has 2 fully saturated rings. The number of amides is 2. The van der Waals surface area contributed by atoms with Gasteiger partial charge in [0.15, 0.2) is 0 Å². The first-order valence-electron chi connectivity index (χ1n) is 5.12. The summed E-state index contributed by atoms with van der Waals surface area (Å²) < 4.78 is 26.9. The summed E-state index contributed by atoms with van der Waals surface area (Å²) >= 11 is 0. The summed E-state index contributed by atoms with van der Waals surface area (Å²) in [5, 5.41) is 5.29. The topological polar surface area (TPSA) is 44.4 Å². The van der Waals surface area contributed by atoms with Crippen molar-refractivity contribution in [3.05, 3.63) is 0 Å². The number of urea groups is 1. The van der Waals surface area contributed by atoms with Gasteiger partial charge in [-0.3, -0.25) is 0 Å². The summed E-state index contributed by atoms with van der Waals surface area (Å²) in [6.45, 7) is 2.67. The van der Waals surface area contributed by atoms with E-state index in [0.29, 0.717) is 13.1 Å². The number of likely N-dealkylation sites (tertiary alicyclic amines) is 1. The lowest BCUT2D eigenvalue weighted by molar-refractivity contribution is -0.142. The van der Waals surface area contributed by atoms with Gasteiger partial charge in [0.25, 0.3) is 5.92 Å². The van der Waals surface area contributed by atoms with E-state index in [-0.39, 0.29) is 25.7 Å². The van der Waals surface area contributed by atoms with Crippen molar-refractivity contribution in [2.75, 3.05) is 32.7 Å². The molecule has 0 aromatic heterocycles. The predicted octanol–water partition coefficient (Wildman–Crippen LogP) is 0.256. The van der Waals surface area contributed by atoms with Gasteiger partial charge in [-0.25, -0.2) is 13.6 Å². The smallest absolute Gasteiger partial charge is 0.317 e. The minimum atomic E-state index is -2.68. The molecule has 2 aliphatic rings. The first-order chi connectivity index (χ1) is 7.01. The number of rotatable bonds is 1. The SMILES string of the molecule is CCNC(=O)N1CC2(CNCC2(F)F)C1. The molecule has 2 heterocycles. The summed E-state index contributed by atoms with van der Waals surface area (Å²) in [6.07, 6.45) is 0. The molecule has 2 saturated heterocycles. The van der Waals surface area contributed by atoms with Crippen molar-refractivity contribution < 1.29 is 13.6 Å². The van der Waals surface area contributed by atoms with Gasteiger partial charge in [-0.15, -0.1) is 0 Å². The maximum atomic E-state index is 13.4. The van der Waals surface area contributed by atoms with Crippen LogP contribution in [0.25, 0.3) is 0 Å². The number of halogens is 2. The predicted molar refractivity (Wildman–Crippen MR) is 50.9 cm³/mol. The van der Waals surface area contributed by atoms with E-state index in [9.17, 15) is 13.6 Å². The lowest BCUT2D eigenvalue weighted by atomic mass is 9.76. The highest BCUT2D eigenvalue weighted by atomic mass is 19.3. The molecule has 0 radical (unpaired) electrons. The summed E-state index contributed by atoms with van der Waals surface area (Å²) in [5.74, 6) is -2.68. The molecule has 15 heavy (non-hydrogen) atoms. The molecule has 0 unspecified atom stereocenters. The van der Waals surface area contributed by atoms with Crippen molar-refractivity contribution in [2.24, 2.45) is 5.41 Å². The number of nitrogens with zero attached hydrogens (tertiary/aromatic N) is 1. The van der Waals surface area contributed by atoms with Crippen molar-refractivity contribution in [3.63, 3.8) is 0 Å². The Balaban J connectivity index is 1.94. The second kappa shape index (κ2) is 3.30. The zero-order chi connectivity index (χ0) is 11.1. The second-order valence-corrected chi connectivity index (χ2v) is 4.28. The van der Waals surface area contributed by atoms with E-state index in [0.717, 1.165) is 0 Å². The Kier molecular flexibility index (Phi) is 2.33. The number of nitrogens with one attached hydrogen (secondary N) is 2. The highest BCUT2D eigenvalue weighted by Gasteiger charge is 2.64. The van der Waals surface area contributed by atoms with Crippen molar-refractivity contribution in [1.82, 2.24) is 15.5 Å². The van der Waals surface area contributed by atoms with Crippen LogP contribution in [-0.2, 0) is 0 Å². The fourth-order valence-corrected chi connectivity index (χ4v) is 2.21. The van der Waals surface area contributed by atoms with E-state index in [2.05, 4.69) is 10.6 Å². The fraction of sp³-hybridized carbons (Fsp3) is 0.889. The lowest BCUT2D eigenvalue weighted by Crippen LogP contribution is -2.67. The molecule has 2 N–H and O–H groups in total. The Morgan fingerprint density at radius 2 is 2.13 bits per heavy atom. The van der Waals surface area contributed by atoms with Gasteiger partial charge in [0.1, 0.15) is 0 Å². The number of hydrogen-bond acceptors (Lipinski definition) is 2. The molecular weight excluding hydrogens is 204 g/mol. The Morgan fingerprint density at radius 3 is 2.60 bits per heavy atom. The van der Waals surface area contributed by atoms with Crippen LogP contribution in [0.15, 0.2) is 0 Å². The Hall–Kier alpha value is -0.910. The van der Waals surface area contributed by atoms with Gasteiger partial charge in [-0.1, -0.05) is 0 Å². The van der Waals surface area contributed by atoms with Crippen molar-refractivity contribution >= 4 is 6.03 Å². The highest BCUT2D eigenvalue weighted by molar-refractivity contribution is 5.75. The maximum Gasteiger partial charge on any atom is 0.317 e. The Bertz CT molecular complexity index is 277. The third-order valence-electron chi connectivity index (χ3n) is 3.19. The highest BCUT2D eigenvalue weighted by Crippen LogP contribution is 2.46. The van der Waals surface area contributed by atoms with Gasteiger partial charge in [0.05, 0.1) is 12.0 Å². The van der Waals surface area contributed by atoms with Crippen molar-refractivity contribution in [3.8, 4) is 0 Å². The van der Waals surface area contributed by atoms with E-state index in [1.54, 1.807) is 6.92 Å². The van der Waals surface area contributed by atoms with Gasteiger partial charge in [0, 0.05) is 26.2 Å². The van der Waals surface area contributed by atoms with Crippen molar-refractivity contribution in [1.29, 1.82) is 0 Å². The molecule has 86 valence electrons. The fourth-order valence-electron chi connectivity index (χ4n) is 2.21. The van der Waals surface area contributed by atoms with Crippen LogP contribution < -0.4 is 10.6 Å². The largest absolute Gasteiger partial charge is 0.338 e. The van der Waals surface area contributed by atoms with Crippen LogP contribution in [0.2, 0.25) is 0 Å². The summed E-state index contributed by atoms with van der Waals surface area (Å²) in [4.78, 5) is 12.8. The maximum absolute atomic E-state index is 13.4. The van der Waals surface area contributed by atoms with Crippen LogP contribution in [0.3, 0.4) is 0 Å². The second-order valence-electron chi connectivity index (χ2n) is 4.28. The standard InChI is InChI=1S/C9H15F2N3O/c1-2-13-7(15)14-5-8(6-14)3-12-4-9(8,10)11/h12H,2-6H2,1H3,(H,13,15). The van der Waals surface area contributed by atoms with Gasteiger partial charge >= 0.3 is 6.03 Å². The van der Waals surface area contributed by atoms with Crippen LogP contribution in [0.1, 0.15) is 6.92 Å². The molecule has 0 saturated carbocycles. The molecule has 1 spiro atoms. The normalized spacial score (nSPS) is 26.5. The third-order valence-corrected chi connectivity index (χ3v) is 3.19. The van der Waals surface area contributed by atoms with Gasteiger partial charge < -0.3 is 15.5 Å². The monoisotopic (exact) mass is 219 g/mol. The Morgan fingerprint density at radius 1 is 1.47 bits per heavy atom. The van der Waals surface area contributed by atoms with E-state index in [1.807, 2.05) is 0 Å². The zero-order valence-corrected chi connectivity index (χ0v) is 8.65. The van der Waals surface area contributed by atoms with Gasteiger partial charge in [-0.2, -0.15) is 0 Å². The average molecular weight is 219 g/mol. The minimum absolute atomic E-state index is 0.152. The third kappa shape index (κ3) is 1.47. The first-order valence-corrected chi connectivity index (χ1v) is 5.12. The minimum Gasteiger partial charge on any atom is -0.338 e. The number of carbonyl (C=O) groups excluding carboxylic acids is 1. The number of carbonyl (C=O) groups is 1. The molecule has 4 nitrogen and oxygen atoms in total. The summed E-state index contributed by atoms with van der Waals surface area (Å²) in [6, 6.07) is -0.245. The van der Waals surface area contributed by atoms with Gasteiger partial charge in [-0.05, 0) is 6.92 Å². The Labute approximate surface area is 87.0 Å². The number of alkyl halides is 2. The lowest BCUT2D eigenvalue weighted by Gasteiger charge is -2.49.